The number of carbonyl (C=O) groups excluding carboxylic acids is 5. The lowest BCUT2D eigenvalue weighted by atomic mass is 9.99. The summed E-state index contributed by atoms with van der Waals surface area (Å²) < 4.78 is 16.1. The monoisotopic (exact) mass is 651 g/mol. The van der Waals surface area contributed by atoms with E-state index in [1.54, 1.807) is 14.1 Å². The minimum atomic E-state index is -1.95. The average molecular weight is 652 g/mol. The molecule has 0 aromatic heterocycles. The normalized spacial score (nSPS) is 22.4. The number of hydrogen-bond donors (Lipinski definition) is 7. The number of ether oxygens (including phenoxy) is 3. The van der Waals surface area contributed by atoms with Crippen molar-refractivity contribution in [2.75, 3.05) is 45.6 Å². The van der Waals surface area contributed by atoms with Gasteiger partial charge in [-0.05, 0) is 24.7 Å². The van der Waals surface area contributed by atoms with Crippen LogP contribution in [-0.4, -0.2) is 137 Å². The Balaban J connectivity index is 1.67. The molecule has 18 nitrogen and oxygen atoms in total. The van der Waals surface area contributed by atoms with Gasteiger partial charge < -0.3 is 55.5 Å². The number of aliphatic hydroxyl groups is 3. The molecule has 2 heterocycles. The van der Waals surface area contributed by atoms with Crippen molar-refractivity contribution in [1.29, 1.82) is 0 Å². The molecule has 1 saturated heterocycles. The predicted molar refractivity (Wildman–Crippen MR) is 155 cm³/mol. The van der Waals surface area contributed by atoms with Gasteiger partial charge in [0.2, 0.25) is 18.1 Å². The number of imide groups is 1. The number of nitrogens with zero attached hydrogens (tertiary/aromatic N) is 2. The zero-order valence-electron chi connectivity index (χ0n) is 25.1. The summed E-state index contributed by atoms with van der Waals surface area (Å²) >= 11 is 0. The summed E-state index contributed by atoms with van der Waals surface area (Å²) in [5, 5.41) is 47.8. The van der Waals surface area contributed by atoms with Crippen molar-refractivity contribution in [3.05, 3.63) is 35.9 Å². The van der Waals surface area contributed by atoms with Crippen LogP contribution in [0.5, 0.6) is 5.75 Å². The number of carboxylic acids is 1. The second kappa shape index (κ2) is 16.6. The zero-order chi connectivity index (χ0) is 34.0. The van der Waals surface area contributed by atoms with Crippen LogP contribution in [0.4, 0.5) is 10.5 Å². The van der Waals surface area contributed by atoms with Crippen molar-refractivity contribution in [3.8, 4) is 5.75 Å². The smallest absolute Gasteiger partial charge is 0.409 e. The molecule has 2 aliphatic rings. The van der Waals surface area contributed by atoms with Crippen LogP contribution >= 0.6 is 0 Å². The SMILES string of the molecule is CNCCN(C)C(=O)OCc1ccc(O[C@@H]2O[C@H](C(=O)O)[C@@H](O)[C@H](O)[C@H]2O)c(NC(=O)CCNC(=O)CCN2C(=O)C=CC2=O)c1. The molecule has 0 saturated carbocycles. The van der Waals surface area contributed by atoms with Crippen LogP contribution in [0.2, 0.25) is 0 Å². The van der Waals surface area contributed by atoms with Crippen molar-refractivity contribution in [1.82, 2.24) is 20.4 Å². The van der Waals surface area contributed by atoms with Gasteiger partial charge in [-0.25, -0.2) is 9.59 Å². The molecule has 1 fully saturated rings. The number of aliphatic hydroxyl groups excluding tert-OH is 3. The van der Waals surface area contributed by atoms with Gasteiger partial charge in [-0.3, -0.25) is 24.1 Å². The van der Waals surface area contributed by atoms with Crippen molar-refractivity contribution in [2.45, 2.75) is 50.2 Å². The van der Waals surface area contributed by atoms with E-state index < -0.39 is 66.4 Å². The number of benzene rings is 1. The first kappa shape index (κ1) is 35.9. The highest BCUT2D eigenvalue weighted by Crippen LogP contribution is 2.31. The first-order valence-electron chi connectivity index (χ1n) is 14.2. The molecule has 252 valence electrons. The maximum atomic E-state index is 12.8. The first-order chi connectivity index (χ1) is 21.8. The lowest BCUT2D eigenvalue weighted by Crippen LogP contribution is -2.61. The van der Waals surface area contributed by atoms with Gasteiger partial charge in [0.15, 0.2) is 6.10 Å². The Labute approximate surface area is 262 Å². The van der Waals surface area contributed by atoms with Gasteiger partial charge in [0.05, 0.1) is 5.69 Å². The molecule has 5 atom stereocenters. The fourth-order valence-corrected chi connectivity index (χ4v) is 4.25. The molecule has 5 amide bonds. The molecular weight excluding hydrogens is 614 g/mol. The van der Waals surface area contributed by atoms with Crippen LogP contribution in [0, 0.1) is 0 Å². The Morgan fingerprint density at radius 2 is 1.67 bits per heavy atom. The number of anilines is 1. The molecule has 0 unspecified atom stereocenters. The fraction of sp³-hybridized carbons (Fsp3) is 0.500. The molecule has 0 bridgehead atoms. The highest BCUT2D eigenvalue weighted by Gasteiger charge is 2.48. The Hall–Kier alpha value is -4.62. The van der Waals surface area contributed by atoms with E-state index in [-0.39, 0.29) is 44.0 Å². The molecule has 46 heavy (non-hydrogen) atoms. The van der Waals surface area contributed by atoms with E-state index in [1.807, 2.05) is 0 Å². The van der Waals surface area contributed by atoms with Crippen molar-refractivity contribution < 1.29 is 63.4 Å². The maximum absolute atomic E-state index is 12.8. The number of amides is 5. The summed E-state index contributed by atoms with van der Waals surface area (Å²) in [5.74, 6) is -3.93. The minimum absolute atomic E-state index is 0.0183. The zero-order valence-corrected chi connectivity index (χ0v) is 25.1. The maximum Gasteiger partial charge on any atom is 0.409 e. The number of hydrogen-bond acceptors (Lipinski definition) is 13. The molecule has 1 aromatic rings. The summed E-state index contributed by atoms with van der Waals surface area (Å²) in [6.45, 7) is 0.454. The van der Waals surface area contributed by atoms with Crippen LogP contribution in [0.15, 0.2) is 30.4 Å². The molecule has 0 radical (unpaired) electrons. The Kier molecular flexibility index (Phi) is 13.0. The summed E-state index contributed by atoms with van der Waals surface area (Å²) in [6.07, 6.45) is -8.28. The Morgan fingerprint density at radius 3 is 2.33 bits per heavy atom. The Bertz CT molecular complexity index is 1320. The number of likely N-dealkylation sites (N-methyl/N-ethyl adjacent to an activating group) is 2. The van der Waals surface area contributed by atoms with Crippen LogP contribution in [0.25, 0.3) is 0 Å². The van der Waals surface area contributed by atoms with Crippen molar-refractivity contribution >= 4 is 41.4 Å². The molecule has 7 N–H and O–H groups in total. The van der Waals surface area contributed by atoms with Crippen LogP contribution < -0.4 is 20.7 Å². The predicted octanol–water partition coefficient (Wildman–Crippen LogP) is -2.49. The number of nitrogens with one attached hydrogen (secondary N) is 3. The van der Waals surface area contributed by atoms with Gasteiger partial charge in [0, 0.05) is 58.2 Å². The Morgan fingerprint density at radius 1 is 0.978 bits per heavy atom. The minimum Gasteiger partial charge on any atom is -0.479 e. The number of carboxylic acid groups (broad SMARTS) is 1. The van der Waals surface area contributed by atoms with E-state index in [2.05, 4.69) is 16.0 Å². The largest absolute Gasteiger partial charge is 0.479 e. The molecule has 3 rings (SSSR count). The second-order valence-electron chi connectivity index (χ2n) is 10.3. The third-order valence-corrected chi connectivity index (χ3v) is 6.88. The van der Waals surface area contributed by atoms with Crippen LogP contribution in [0.1, 0.15) is 18.4 Å². The van der Waals surface area contributed by atoms with Gasteiger partial charge in [0.1, 0.15) is 30.7 Å². The molecule has 1 aromatic carbocycles. The number of carbonyl (C=O) groups is 6. The van der Waals surface area contributed by atoms with Gasteiger partial charge in [-0.2, -0.15) is 0 Å². The summed E-state index contributed by atoms with van der Waals surface area (Å²) in [6, 6.07) is 4.18. The molecular formula is C28H37N5O13. The number of aliphatic carboxylic acids is 1. The van der Waals surface area contributed by atoms with Gasteiger partial charge in [0.25, 0.3) is 11.8 Å². The third kappa shape index (κ3) is 9.69. The lowest BCUT2D eigenvalue weighted by molar-refractivity contribution is -0.271. The summed E-state index contributed by atoms with van der Waals surface area (Å²) in [7, 11) is 3.28. The topological polar surface area (TPSA) is 254 Å². The van der Waals surface area contributed by atoms with E-state index in [1.165, 1.54) is 23.1 Å². The van der Waals surface area contributed by atoms with Gasteiger partial charge >= 0.3 is 12.1 Å². The lowest BCUT2D eigenvalue weighted by Gasteiger charge is -2.38. The molecule has 0 spiro atoms. The standard InChI is InChI=1S/C28H37N5O13/c1-29-10-12-32(2)28(43)44-14-15-3-4-17(45-27-24(40)22(38)23(39)25(46-27)26(41)42)16(13-15)31-19(35)7-9-30-18(34)8-11-33-20(36)5-6-21(33)37/h3-6,13,22-25,27,29,38-40H,7-12,14H2,1-2H3,(H,30,34)(H,31,35)(H,41,42)/t22-,23-,24+,25-,27+/m0/s1. The van der Waals surface area contributed by atoms with E-state index in [4.69, 9.17) is 14.2 Å². The number of rotatable bonds is 15. The van der Waals surface area contributed by atoms with E-state index in [0.29, 0.717) is 18.7 Å². The van der Waals surface area contributed by atoms with E-state index in [9.17, 15) is 49.2 Å². The quantitative estimate of drug-likeness (QED) is 0.0969. The molecule has 2 aliphatic heterocycles. The van der Waals surface area contributed by atoms with Crippen molar-refractivity contribution in [3.63, 3.8) is 0 Å². The van der Waals surface area contributed by atoms with Crippen LogP contribution in [-0.2, 0) is 40.1 Å². The molecule has 18 heteroatoms. The van der Waals surface area contributed by atoms with Gasteiger partial charge in [-0.1, -0.05) is 6.07 Å². The third-order valence-electron chi connectivity index (χ3n) is 6.88. The summed E-state index contributed by atoms with van der Waals surface area (Å²) in [5.41, 5.74) is 0.381. The fourth-order valence-electron chi connectivity index (χ4n) is 4.25. The highest BCUT2D eigenvalue weighted by molar-refractivity contribution is 6.13. The van der Waals surface area contributed by atoms with Crippen LogP contribution in [0.3, 0.4) is 0 Å². The van der Waals surface area contributed by atoms with Crippen molar-refractivity contribution in [2.24, 2.45) is 0 Å². The average Bonchev–Trinajstić information content (AvgIpc) is 3.34. The van der Waals surface area contributed by atoms with E-state index >= 15 is 0 Å². The summed E-state index contributed by atoms with van der Waals surface area (Å²) in [4.78, 5) is 74.2. The van der Waals surface area contributed by atoms with Gasteiger partial charge in [-0.15, -0.1) is 0 Å². The molecule has 0 aliphatic carbocycles. The van der Waals surface area contributed by atoms with E-state index in [0.717, 1.165) is 17.1 Å². The first-order valence-corrected chi connectivity index (χ1v) is 14.2. The second-order valence-corrected chi connectivity index (χ2v) is 10.3. The highest BCUT2D eigenvalue weighted by atomic mass is 16.7.